The maximum absolute atomic E-state index is 13.3. The van der Waals surface area contributed by atoms with Crippen molar-refractivity contribution in [3.63, 3.8) is 0 Å². The zero-order valence-electron chi connectivity index (χ0n) is 60.8. The van der Waals surface area contributed by atoms with Gasteiger partial charge >= 0.3 is 24.4 Å². The van der Waals surface area contributed by atoms with Crippen LogP contribution < -0.4 is 59.2 Å². The number of anilines is 4. The number of ether oxygens (including phenoxy) is 8. The van der Waals surface area contributed by atoms with Crippen LogP contribution in [0.3, 0.4) is 0 Å². The van der Waals surface area contributed by atoms with Crippen molar-refractivity contribution in [2.75, 3.05) is 47.7 Å². The monoisotopic (exact) mass is 1440 g/mol. The normalized spacial score (nSPS) is 11.4. The quantitative estimate of drug-likeness (QED) is 0.0449. The van der Waals surface area contributed by atoms with Crippen molar-refractivity contribution in [1.82, 2.24) is 0 Å². The van der Waals surface area contributed by atoms with Gasteiger partial charge in [-0.05, 0) is 260 Å². The van der Waals surface area contributed by atoms with Gasteiger partial charge in [0, 0.05) is 48.4 Å². The molecule has 544 valence electrons. The number of carbonyl (C=O) groups excluding carboxylic acids is 4. The molecule has 0 unspecified atom stereocenters. The Balaban J connectivity index is 1.01. The molecule has 4 amide bonds. The fourth-order valence-electron chi connectivity index (χ4n) is 13.1. The van der Waals surface area contributed by atoms with Crippen LogP contribution in [0.1, 0.15) is 97.9 Å². The van der Waals surface area contributed by atoms with Gasteiger partial charge in [-0.2, -0.15) is 0 Å². The van der Waals surface area contributed by atoms with Crippen LogP contribution in [0.4, 0.5) is 41.9 Å². The van der Waals surface area contributed by atoms with Crippen molar-refractivity contribution in [3.8, 4) is 90.5 Å². The Kier molecular flexibility index (Phi) is 24.1. The molecule has 0 atom stereocenters. The predicted octanol–water partition coefficient (Wildman–Crippen LogP) is 22.6. The first kappa shape index (κ1) is 73.2. The van der Waals surface area contributed by atoms with Crippen LogP contribution in [-0.4, -0.2) is 50.8 Å². The summed E-state index contributed by atoms with van der Waals surface area (Å²) in [5.41, 5.74) is 16.6. The van der Waals surface area contributed by atoms with Gasteiger partial charge in [0.1, 0.15) is 46.0 Å². The van der Waals surface area contributed by atoms with Crippen LogP contribution in [-0.2, 0) is 25.7 Å². The molecule has 0 spiro atoms. The summed E-state index contributed by atoms with van der Waals surface area (Å²) in [7, 11) is 0. The summed E-state index contributed by atoms with van der Waals surface area (Å²) in [4.78, 5) is 53.1. The van der Waals surface area contributed by atoms with E-state index in [1.807, 2.05) is 121 Å². The van der Waals surface area contributed by atoms with Crippen LogP contribution in [0.2, 0.25) is 0 Å². The second-order valence-corrected chi connectivity index (χ2v) is 26.2. The third-order valence-corrected chi connectivity index (χ3v) is 18.0. The lowest BCUT2D eigenvalue weighted by Crippen LogP contribution is -2.16. The highest BCUT2D eigenvalue weighted by Gasteiger charge is 2.27. The van der Waals surface area contributed by atoms with Crippen LogP contribution in [0.15, 0.2) is 267 Å². The van der Waals surface area contributed by atoms with Gasteiger partial charge in [-0.1, -0.05) is 149 Å². The largest absolute Gasteiger partial charge is 0.493 e. The van der Waals surface area contributed by atoms with Gasteiger partial charge in [0.15, 0.2) is 0 Å². The number of nitrogens with one attached hydrogen (secondary N) is 4. The molecule has 0 aromatic heterocycles. The average molecular weight is 1440 g/mol. The summed E-state index contributed by atoms with van der Waals surface area (Å²) in [6.45, 7) is 10.1. The minimum atomic E-state index is -0.617. The Hall–Kier alpha value is -13.1. The Morgan fingerprint density at radius 3 is 0.583 bits per heavy atom. The minimum absolute atomic E-state index is 0.339. The van der Waals surface area contributed by atoms with E-state index in [4.69, 9.17) is 37.9 Å². The smallest absolute Gasteiger partial charge is 0.417 e. The first-order valence-electron chi connectivity index (χ1n) is 36.6. The van der Waals surface area contributed by atoms with E-state index >= 15 is 0 Å². The number of amides is 4. The van der Waals surface area contributed by atoms with E-state index in [0.717, 1.165) is 138 Å². The molecule has 13 rings (SSSR count). The Morgan fingerprint density at radius 1 is 0.241 bits per heavy atom. The van der Waals surface area contributed by atoms with Crippen molar-refractivity contribution in [2.45, 2.75) is 79.1 Å². The highest BCUT2D eigenvalue weighted by atomic mass is 16.6. The molecule has 12 aromatic carbocycles. The van der Waals surface area contributed by atoms with Gasteiger partial charge in [-0.25, -0.2) is 19.2 Å². The lowest BCUT2D eigenvalue weighted by atomic mass is 9.86. The highest BCUT2D eigenvalue weighted by molar-refractivity contribution is 5.89. The van der Waals surface area contributed by atoms with Crippen LogP contribution in [0.25, 0.3) is 44.5 Å². The van der Waals surface area contributed by atoms with E-state index < -0.39 is 24.4 Å². The summed E-state index contributed by atoms with van der Waals surface area (Å²) < 4.78 is 52.0. The maximum Gasteiger partial charge on any atom is 0.417 e. The fraction of sp³-hybridized carbons (Fsp3) is 0.174. The fourth-order valence-corrected chi connectivity index (χ4v) is 13.1. The van der Waals surface area contributed by atoms with Crippen LogP contribution in [0.5, 0.6) is 46.0 Å². The summed E-state index contributed by atoms with van der Waals surface area (Å²) in [5, 5.41) is 11.3. The molecule has 0 radical (unpaired) electrons. The lowest BCUT2D eigenvalue weighted by molar-refractivity contribution is 0.214. The number of carbonyl (C=O) groups is 4. The number of hydrogen-bond acceptors (Lipinski definition) is 12. The molecule has 0 aliphatic heterocycles. The van der Waals surface area contributed by atoms with E-state index in [0.29, 0.717) is 97.9 Å². The Bertz CT molecular complexity index is 4350. The number of benzene rings is 12. The van der Waals surface area contributed by atoms with E-state index in [-0.39, 0.29) is 0 Å². The molecule has 108 heavy (non-hydrogen) atoms. The number of para-hydroxylation sites is 4. The van der Waals surface area contributed by atoms with Gasteiger partial charge in [0.2, 0.25) is 0 Å². The molecule has 0 saturated carbocycles. The van der Waals surface area contributed by atoms with Gasteiger partial charge < -0.3 is 37.9 Å². The van der Waals surface area contributed by atoms with E-state index in [1.165, 1.54) is 0 Å². The average Bonchev–Trinajstić information content (AvgIpc) is 0.762. The number of rotatable bonds is 24. The molecule has 0 saturated heterocycles. The zero-order valence-corrected chi connectivity index (χ0v) is 60.8. The summed E-state index contributed by atoms with van der Waals surface area (Å²) in [6, 6.07) is 84.2. The summed E-state index contributed by atoms with van der Waals surface area (Å²) >= 11 is 0. The van der Waals surface area contributed by atoms with E-state index in [9.17, 15) is 19.2 Å². The topological polar surface area (TPSA) is 190 Å². The predicted molar refractivity (Wildman–Crippen MR) is 426 cm³/mol. The zero-order chi connectivity index (χ0) is 74.6. The van der Waals surface area contributed by atoms with Crippen molar-refractivity contribution in [2.24, 2.45) is 0 Å². The standard InChI is InChI=1S/C92H84N4O12/c1-5-45-101-85-69-49-65(61-29-37-81(38-30-61)105-89(97)93-77-21-13-9-14-22-77)50-70(85)58-72-52-67(63-33-41-83(42-34-63)107-91(99)95-79-25-17-11-18-26-79)54-74(87(72)103-47-7-3)60-76-56-68(64-35-43-84(44-36-64)108-92(100)96-80-27-19-12-20-28-80)55-75(88(76)104-48-8-4)59-73-53-66(51-71(57-69)86(73)102-46-6-2)62-31-39-82(40-32-62)106-90(98)94-78-23-15-10-16-24-78/h9-44,49-56H,5-8,45-48,57-60H2,1-4H3,(H,93,97)(H,94,98)(H,95,99)(H,96,100). The Labute approximate surface area is 629 Å². The first-order chi connectivity index (χ1) is 52.9. The van der Waals surface area contributed by atoms with E-state index in [1.54, 1.807) is 97.1 Å². The number of hydrogen-bond donors (Lipinski definition) is 4. The van der Waals surface area contributed by atoms with Gasteiger partial charge in [-0.3, -0.25) is 21.3 Å². The number of fused-ring (bicyclic) bond motifs is 8. The summed E-state index contributed by atoms with van der Waals surface area (Å²) in [5.74, 6) is 4.32. The molecule has 8 bridgehead atoms. The first-order valence-corrected chi connectivity index (χ1v) is 36.6. The lowest BCUT2D eigenvalue weighted by Gasteiger charge is -2.25. The van der Waals surface area contributed by atoms with E-state index in [2.05, 4.69) is 97.5 Å². The van der Waals surface area contributed by atoms with Crippen molar-refractivity contribution in [1.29, 1.82) is 0 Å². The highest BCUT2D eigenvalue weighted by Crippen LogP contribution is 2.45. The molecule has 12 aromatic rings. The Morgan fingerprint density at radius 2 is 0.417 bits per heavy atom. The molecule has 1 aliphatic rings. The molecule has 16 heteroatoms. The maximum atomic E-state index is 13.3. The second kappa shape index (κ2) is 35.6. The molecule has 0 heterocycles. The summed E-state index contributed by atoms with van der Waals surface area (Å²) in [6.07, 6.45) is 1.79. The minimum Gasteiger partial charge on any atom is -0.493 e. The van der Waals surface area contributed by atoms with Crippen molar-refractivity contribution in [3.05, 3.63) is 311 Å². The SMILES string of the molecule is CCCOc1c2cc(-c3ccc(OC(=O)Nc4ccccc4)cc3)cc1Cc1cc(-c3ccc(OC(=O)Nc4ccccc4)cc3)cc(c1OCCC)Cc1cc(-c3ccc(OC(=O)Nc4ccccc4)cc3)cc(c1OCCC)Cc1cc(-c3ccc(OC(=O)Nc4ccccc4)cc3)cc(c1OCCC)C2. The second-order valence-electron chi connectivity index (χ2n) is 26.2. The van der Waals surface area contributed by atoms with Crippen LogP contribution in [0, 0.1) is 0 Å². The molecule has 0 fully saturated rings. The third kappa shape index (κ3) is 19.1. The van der Waals surface area contributed by atoms with Crippen molar-refractivity contribution >= 4 is 47.1 Å². The van der Waals surface area contributed by atoms with Crippen LogP contribution >= 0.6 is 0 Å². The van der Waals surface area contributed by atoms with Crippen molar-refractivity contribution < 1.29 is 57.1 Å². The molecular formula is C92H84N4O12. The molecule has 16 nitrogen and oxygen atoms in total. The molecule has 4 N–H and O–H groups in total. The third-order valence-electron chi connectivity index (χ3n) is 18.0. The van der Waals surface area contributed by atoms with Gasteiger partial charge in [-0.15, -0.1) is 0 Å². The van der Waals surface area contributed by atoms with Gasteiger partial charge in [0.25, 0.3) is 0 Å². The molecular weight excluding hydrogens is 1350 g/mol. The van der Waals surface area contributed by atoms with Gasteiger partial charge in [0.05, 0.1) is 26.4 Å². The molecule has 1 aliphatic carbocycles.